The van der Waals surface area contributed by atoms with E-state index in [1.807, 2.05) is 0 Å². The second kappa shape index (κ2) is 12.5. The molecule has 0 aliphatic carbocycles. The van der Waals surface area contributed by atoms with Crippen molar-refractivity contribution in [1.29, 1.82) is 0 Å². The first-order valence-electron chi connectivity index (χ1n) is 19.6. The van der Waals surface area contributed by atoms with E-state index in [1.54, 1.807) is 0 Å². The highest BCUT2D eigenvalue weighted by Crippen LogP contribution is 2.43. The maximum absolute atomic E-state index is 2.50. The lowest BCUT2D eigenvalue weighted by Crippen LogP contribution is -1.99. The van der Waals surface area contributed by atoms with E-state index in [0.29, 0.717) is 0 Å². The third kappa shape index (κ3) is 4.79. The van der Waals surface area contributed by atoms with E-state index in [-0.39, 0.29) is 0 Å². The topological polar surface area (TPSA) is 14.8 Å². The lowest BCUT2D eigenvalue weighted by atomic mass is 9.98. The van der Waals surface area contributed by atoms with Crippen LogP contribution in [0.1, 0.15) is 0 Å². The summed E-state index contributed by atoms with van der Waals surface area (Å²) in [5, 5.41) is 7.43. The summed E-state index contributed by atoms with van der Waals surface area (Å²) < 4.78 is 7.40. The maximum Gasteiger partial charge on any atom is 0.0788 e. The van der Waals surface area contributed by atoms with Gasteiger partial charge in [-0.15, -0.1) is 0 Å². The van der Waals surface area contributed by atoms with Crippen LogP contribution in [-0.4, -0.2) is 13.7 Å². The highest BCUT2D eigenvalue weighted by Gasteiger charge is 2.22. The van der Waals surface area contributed by atoms with Crippen molar-refractivity contribution in [2.45, 2.75) is 0 Å². The van der Waals surface area contributed by atoms with Crippen LogP contribution in [-0.2, 0) is 0 Å². The van der Waals surface area contributed by atoms with Gasteiger partial charge in [0.1, 0.15) is 0 Å². The van der Waals surface area contributed by atoms with Crippen LogP contribution in [0.5, 0.6) is 0 Å². The molecular weight excluding hydrogens is 691 g/mol. The molecule has 57 heavy (non-hydrogen) atoms. The molecule has 0 saturated heterocycles. The number of nitrogens with zero attached hydrogens (tertiary/aromatic N) is 3. The third-order valence-corrected chi connectivity index (χ3v) is 11.8. The van der Waals surface area contributed by atoms with Gasteiger partial charge in [-0.3, -0.25) is 0 Å². The molecule has 0 unspecified atom stereocenters. The minimum atomic E-state index is 1.14. The molecule has 0 radical (unpaired) electrons. The number of para-hydroxylation sites is 4. The number of aromatic nitrogens is 3. The average Bonchev–Trinajstić information content (AvgIpc) is 3.93. The molecule has 0 aliphatic heterocycles. The lowest BCUT2D eigenvalue weighted by molar-refractivity contribution is 1.15. The molecule has 0 saturated carbocycles. The number of hydrogen-bond donors (Lipinski definition) is 0. The molecule has 0 spiro atoms. The van der Waals surface area contributed by atoms with Gasteiger partial charge < -0.3 is 13.7 Å². The van der Waals surface area contributed by atoms with Gasteiger partial charge >= 0.3 is 0 Å². The second-order valence-corrected chi connectivity index (χ2v) is 15.0. The fourth-order valence-electron chi connectivity index (χ4n) is 9.33. The van der Waals surface area contributed by atoms with Gasteiger partial charge in [-0.2, -0.15) is 0 Å². The molecule has 12 aromatic rings. The normalized spacial score (nSPS) is 11.9. The standard InChI is InChI=1S/C54H35N3/c1-4-16-36(17-5-1)38-32-39(37-18-6-2-7-19-37)34-42(33-38)55-49-25-13-12-24-45(49)48-35-41(28-31-52(48)55)57-51-27-15-11-23-44(51)47-30-29-46-43-22-10-14-26-50(43)56(53(46)54(47)57)40-20-8-3-9-21-40/h1-35H. The molecule has 0 atom stereocenters. The highest BCUT2D eigenvalue weighted by atomic mass is 15.0. The Bertz CT molecular complexity index is 3440. The van der Waals surface area contributed by atoms with Crippen LogP contribution in [0.15, 0.2) is 212 Å². The summed E-state index contributed by atoms with van der Waals surface area (Å²) in [4.78, 5) is 0. The van der Waals surface area contributed by atoms with Crippen LogP contribution >= 0.6 is 0 Å². The van der Waals surface area contributed by atoms with E-state index < -0.39 is 0 Å². The van der Waals surface area contributed by atoms with Crippen LogP contribution in [0.3, 0.4) is 0 Å². The van der Waals surface area contributed by atoms with Gasteiger partial charge in [0.05, 0.1) is 33.1 Å². The van der Waals surface area contributed by atoms with E-state index in [2.05, 4.69) is 226 Å². The van der Waals surface area contributed by atoms with Crippen LogP contribution in [0.4, 0.5) is 0 Å². The molecule has 266 valence electrons. The Morgan fingerprint density at radius 2 is 0.632 bits per heavy atom. The van der Waals surface area contributed by atoms with Gasteiger partial charge in [-0.05, 0) is 89.0 Å². The summed E-state index contributed by atoms with van der Waals surface area (Å²) in [7, 11) is 0. The largest absolute Gasteiger partial charge is 0.309 e. The average molecular weight is 726 g/mol. The summed E-state index contributed by atoms with van der Waals surface area (Å²) in [6, 6.07) is 77.5. The molecule has 3 heterocycles. The van der Waals surface area contributed by atoms with Crippen LogP contribution < -0.4 is 0 Å². The van der Waals surface area contributed by atoms with Crippen molar-refractivity contribution >= 4 is 65.4 Å². The number of hydrogen-bond acceptors (Lipinski definition) is 0. The zero-order valence-corrected chi connectivity index (χ0v) is 31.0. The molecule has 9 aromatic carbocycles. The fraction of sp³-hybridized carbons (Fsp3) is 0. The van der Waals surface area contributed by atoms with Gasteiger partial charge in [-0.25, -0.2) is 0 Å². The van der Waals surface area contributed by atoms with E-state index >= 15 is 0 Å². The van der Waals surface area contributed by atoms with Crippen LogP contribution in [0.25, 0.3) is 105 Å². The minimum Gasteiger partial charge on any atom is -0.309 e. The number of benzene rings is 9. The van der Waals surface area contributed by atoms with Gasteiger partial charge in [0, 0.05) is 49.4 Å². The fourth-order valence-corrected chi connectivity index (χ4v) is 9.33. The van der Waals surface area contributed by atoms with Crippen molar-refractivity contribution in [3.8, 4) is 39.3 Å². The molecular formula is C54H35N3. The van der Waals surface area contributed by atoms with Crippen LogP contribution in [0, 0.1) is 0 Å². The molecule has 0 bridgehead atoms. The zero-order valence-electron chi connectivity index (χ0n) is 31.0. The summed E-state index contributed by atoms with van der Waals surface area (Å²) in [6.45, 7) is 0. The maximum atomic E-state index is 2.50. The Hall–Kier alpha value is -7.62. The monoisotopic (exact) mass is 725 g/mol. The van der Waals surface area contributed by atoms with Crippen molar-refractivity contribution in [3.63, 3.8) is 0 Å². The van der Waals surface area contributed by atoms with Gasteiger partial charge in [0.15, 0.2) is 0 Å². The van der Waals surface area contributed by atoms with E-state index in [4.69, 9.17) is 0 Å². The molecule has 3 aromatic heterocycles. The van der Waals surface area contributed by atoms with Gasteiger partial charge in [-0.1, -0.05) is 146 Å². The van der Waals surface area contributed by atoms with E-state index in [9.17, 15) is 0 Å². The zero-order chi connectivity index (χ0) is 37.5. The highest BCUT2D eigenvalue weighted by molar-refractivity contribution is 6.24. The minimum absolute atomic E-state index is 1.14. The van der Waals surface area contributed by atoms with Crippen molar-refractivity contribution in [2.75, 3.05) is 0 Å². The summed E-state index contributed by atoms with van der Waals surface area (Å²) in [5.74, 6) is 0. The Morgan fingerprint density at radius 3 is 1.18 bits per heavy atom. The second-order valence-electron chi connectivity index (χ2n) is 15.0. The van der Waals surface area contributed by atoms with Crippen LogP contribution in [0.2, 0.25) is 0 Å². The van der Waals surface area contributed by atoms with Gasteiger partial charge in [0.2, 0.25) is 0 Å². The molecule has 3 nitrogen and oxygen atoms in total. The summed E-state index contributed by atoms with van der Waals surface area (Å²) in [5.41, 5.74) is 15.4. The molecule has 0 fully saturated rings. The number of rotatable bonds is 5. The summed E-state index contributed by atoms with van der Waals surface area (Å²) >= 11 is 0. The first kappa shape index (κ1) is 31.7. The lowest BCUT2D eigenvalue weighted by Gasteiger charge is -2.15. The Morgan fingerprint density at radius 1 is 0.211 bits per heavy atom. The first-order chi connectivity index (χ1) is 28.3. The Kier molecular flexibility index (Phi) is 6.93. The summed E-state index contributed by atoms with van der Waals surface area (Å²) in [6.07, 6.45) is 0. The van der Waals surface area contributed by atoms with Crippen molar-refractivity contribution in [2.24, 2.45) is 0 Å². The Balaban J connectivity index is 1.16. The SMILES string of the molecule is c1ccc(-c2cc(-c3ccccc3)cc(-n3c4ccccc4c4cc(-n5c6ccccc6c6ccc7c8ccccc8n(-c8ccccc8)c7c65)ccc43)c2)cc1. The number of fused-ring (bicyclic) bond motifs is 10. The molecule has 0 amide bonds. The predicted octanol–water partition coefficient (Wildman–Crippen LogP) is 14.3. The first-order valence-corrected chi connectivity index (χ1v) is 19.6. The molecule has 3 heteroatoms. The van der Waals surface area contributed by atoms with Crippen molar-refractivity contribution in [3.05, 3.63) is 212 Å². The quantitative estimate of drug-likeness (QED) is 0.168. The van der Waals surface area contributed by atoms with E-state index in [1.165, 1.54) is 87.7 Å². The molecule has 12 rings (SSSR count). The molecule has 0 aliphatic rings. The van der Waals surface area contributed by atoms with E-state index in [0.717, 1.165) is 17.1 Å². The molecule has 0 N–H and O–H groups in total. The third-order valence-electron chi connectivity index (χ3n) is 11.8. The van der Waals surface area contributed by atoms with Crippen molar-refractivity contribution in [1.82, 2.24) is 13.7 Å². The Labute approximate surface area is 329 Å². The van der Waals surface area contributed by atoms with Gasteiger partial charge in [0.25, 0.3) is 0 Å². The van der Waals surface area contributed by atoms with Crippen molar-refractivity contribution < 1.29 is 0 Å². The predicted molar refractivity (Wildman–Crippen MR) is 240 cm³/mol. The smallest absolute Gasteiger partial charge is 0.0788 e.